The number of aromatic nitrogens is 2. The van der Waals surface area contributed by atoms with Crippen LogP contribution in [0.3, 0.4) is 0 Å². The third-order valence-electron chi connectivity index (χ3n) is 2.83. The van der Waals surface area contributed by atoms with E-state index in [9.17, 15) is 0 Å². The monoisotopic (exact) mass is 210 g/mol. The third-order valence-corrected chi connectivity index (χ3v) is 2.83. The Hall–Kier alpha value is -0.940. The SMILES string of the molecule is CNC(C)Cc1nc(C2CCCN2)no1. The van der Waals surface area contributed by atoms with Crippen LogP contribution >= 0.6 is 0 Å². The molecule has 1 aromatic heterocycles. The minimum absolute atomic E-state index is 0.299. The smallest absolute Gasteiger partial charge is 0.228 e. The maximum absolute atomic E-state index is 5.21. The molecular formula is C10H18N4O. The molecule has 0 aliphatic carbocycles. The van der Waals surface area contributed by atoms with Crippen LogP contribution < -0.4 is 10.6 Å². The molecule has 0 bridgehead atoms. The van der Waals surface area contributed by atoms with Crippen LogP contribution in [0.25, 0.3) is 0 Å². The fraction of sp³-hybridized carbons (Fsp3) is 0.800. The van der Waals surface area contributed by atoms with Crippen molar-refractivity contribution in [2.45, 2.75) is 38.3 Å². The van der Waals surface area contributed by atoms with Gasteiger partial charge in [0.25, 0.3) is 0 Å². The summed E-state index contributed by atoms with van der Waals surface area (Å²) in [5.41, 5.74) is 0. The highest BCUT2D eigenvalue weighted by Gasteiger charge is 2.21. The highest BCUT2D eigenvalue weighted by atomic mass is 16.5. The van der Waals surface area contributed by atoms with Crippen LogP contribution in [-0.2, 0) is 6.42 Å². The molecule has 0 aromatic carbocycles. The van der Waals surface area contributed by atoms with E-state index in [1.807, 2.05) is 7.05 Å². The van der Waals surface area contributed by atoms with Gasteiger partial charge in [-0.15, -0.1) is 0 Å². The molecule has 1 aliphatic rings. The summed E-state index contributed by atoms with van der Waals surface area (Å²) in [6, 6.07) is 0.669. The first-order valence-electron chi connectivity index (χ1n) is 5.52. The number of nitrogens with zero attached hydrogens (tertiary/aromatic N) is 2. The number of hydrogen-bond acceptors (Lipinski definition) is 5. The van der Waals surface area contributed by atoms with Gasteiger partial charge in [-0.1, -0.05) is 5.16 Å². The molecule has 2 atom stereocenters. The fourth-order valence-corrected chi connectivity index (χ4v) is 1.76. The van der Waals surface area contributed by atoms with E-state index in [2.05, 4.69) is 27.7 Å². The highest BCUT2D eigenvalue weighted by Crippen LogP contribution is 2.20. The lowest BCUT2D eigenvalue weighted by molar-refractivity contribution is 0.356. The van der Waals surface area contributed by atoms with Gasteiger partial charge in [0.05, 0.1) is 6.04 Å². The van der Waals surface area contributed by atoms with Crippen LogP contribution in [0.1, 0.15) is 37.5 Å². The Kier molecular flexibility index (Phi) is 3.33. The molecule has 1 saturated heterocycles. The predicted octanol–water partition coefficient (Wildman–Crippen LogP) is 0.644. The molecule has 2 N–H and O–H groups in total. The predicted molar refractivity (Wildman–Crippen MR) is 56.5 cm³/mol. The summed E-state index contributed by atoms with van der Waals surface area (Å²) >= 11 is 0. The van der Waals surface area contributed by atoms with E-state index < -0.39 is 0 Å². The summed E-state index contributed by atoms with van der Waals surface area (Å²) in [4.78, 5) is 4.40. The highest BCUT2D eigenvalue weighted by molar-refractivity contribution is 4.97. The van der Waals surface area contributed by atoms with Crippen molar-refractivity contribution in [3.8, 4) is 0 Å². The Morgan fingerprint density at radius 3 is 3.20 bits per heavy atom. The van der Waals surface area contributed by atoms with Crippen molar-refractivity contribution in [1.29, 1.82) is 0 Å². The fourth-order valence-electron chi connectivity index (χ4n) is 1.76. The van der Waals surface area contributed by atoms with E-state index in [-0.39, 0.29) is 0 Å². The lowest BCUT2D eigenvalue weighted by Crippen LogP contribution is -2.23. The molecule has 5 nitrogen and oxygen atoms in total. The van der Waals surface area contributed by atoms with Gasteiger partial charge in [-0.2, -0.15) is 4.98 Å². The second kappa shape index (κ2) is 4.72. The van der Waals surface area contributed by atoms with Crippen molar-refractivity contribution in [1.82, 2.24) is 20.8 Å². The Morgan fingerprint density at radius 1 is 1.67 bits per heavy atom. The van der Waals surface area contributed by atoms with Crippen molar-refractivity contribution < 1.29 is 4.52 Å². The standard InChI is InChI=1S/C10H18N4O/c1-7(11-2)6-9-13-10(14-15-9)8-4-3-5-12-8/h7-8,11-12H,3-6H2,1-2H3. The molecule has 1 aliphatic heterocycles. The van der Waals surface area contributed by atoms with Crippen molar-refractivity contribution >= 4 is 0 Å². The molecule has 2 rings (SSSR count). The molecule has 0 spiro atoms. The first-order chi connectivity index (χ1) is 7.29. The van der Waals surface area contributed by atoms with Crippen LogP contribution in [0.15, 0.2) is 4.52 Å². The molecule has 0 amide bonds. The molecule has 15 heavy (non-hydrogen) atoms. The normalized spacial score (nSPS) is 23.2. The van der Waals surface area contributed by atoms with Crippen LogP contribution in [-0.4, -0.2) is 29.8 Å². The second-order valence-electron chi connectivity index (χ2n) is 4.09. The van der Waals surface area contributed by atoms with Gasteiger partial charge in [0.1, 0.15) is 0 Å². The molecule has 84 valence electrons. The third kappa shape index (κ3) is 2.54. The zero-order valence-electron chi connectivity index (χ0n) is 9.29. The quantitative estimate of drug-likeness (QED) is 0.763. The summed E-state index contributed by atoms with van der Waals surface area (Å²) in [6.07, 6.45) is 3.10. The molecular weight excluding hydrogens is 192 g/mol. The zero-order valence-corrected chi connectivity index (χ0v) is 9.29. The average Bonchev–Trinajstić information content (AvgIpc) is 2.85. The molecule has 2 heterocycles. The van der Waals surface area contributed by atoms with Crippen molar-refractivity contribution in [2.24, 2.45) is 0 Å². The number of hydrogen-bond donors (Lipinski definition) is 2. The Balaban J connectivity index is 1.97. The molecule has 2 unspecified atom stereocenters. The molecule has 0 radical (unpaired) electrons. The van der Waals surface area contributed by atoms with Gasteiger partial charge in [-0.25, -0.2) is 0 Å². The van der Waals surface area contributed by atoms with Gasteiger partial charge in [-0.05, 0) is 33.4 Å². The van der Waals surface area contributed by atoms with Gasteiger partial charge < -0.3 is 15.2 Å². The zero-order chi connectivity index (χ0) is 10.7. The second-order valence-corrected chi connectivity index (χ2v) is 4.09. The van der Waals surface area contributed by atoms with E-state index >= 15 is 0 Å². The minimum Gasteiger partial charge on any atom is -0.339 e. The van der Waals surface area contributed by atoms with Crippen LogP contribution in [0.4, 0.5) is 0 Å². The largest absolute Gasteiger partial charge is 0.339 e. The van der Waals surface area contributed by atoms with Gasteiger partial charge in [-0.3, -0.25) is 0 Å². The van der Waals surface area contributed by atoms with Crippen LogP contribution in [0.2, 0.25) is 0 Å². The Labute approximate surface area is 89.6 Å². The van der Waals surface area contributed by atoms with E-state index in [4.69, 9.17) is 4.52 Å². The number of rotatable bonds is 4. The summed E-state index contributed by atoms with van der Waals surface area (Å²) in [6.45, 7) is 3.15. The van der Waals surface area contributed by atoms with Crippen molar-refractivity contribution in [3.63, 3.8) is 0 Å². The lowest BCUT2D eigenvalue weighted by atomic mass is 10.2. The van der Waals surface area contributed by atoms with Gasteiger partial charge >= 0.3 is 0 Å². The molecule has 1 aromatic rings. The maximum Gasteiger partial charge on any atom is 0.228 e. The van der Waals surface area contributed by atoms with Gasteiger partial charge in [0, 0.05) is 12.5 Å². The van der Waals surface area contributed by atoms with Gasteiger partial charge in [0.2, 0.25) is 5.89 Å². The van der Waals surface area contributed by atoms with E-state index in [1.165, 1.54) is 6.42 Å². The van der Waals surface area contributed by atoms with E-state index in [0.29, 0.717) is 12.1 Å². The topological polar surface area (TPSA) is 63.0 Å². The minimum atomic E-state index is 0.299. The van der Waals surface area contributed by atoms with Crippen LogP contribution in [0, 0.1) is 0 Å². The first-order valence-corrected chi connectivity index (χ1v) is 5.52. The van der Waals surface area contributed by atoms with E-state index in [1.54, 1.807) is 0 Å². The summed E-state index contributed by atoms with van der Waals surface area (Å²) in [5.74, 6) is 1.53. The molecule has 1 fully saturated rings. The lowest BCUT2D eigenvalue weighted by Gasteiger charge is -2.05. The summed E-state index contributed by atoms with van der Waals surface area (Å²) < 4.78 is 5.21. The molecule has 5 heteroatoms. The van der Waals surface area contributed by atoms with Crippen LogP contribution in [0.5, 0.6) is 0 Å². The maximum atomic E-state index is 5.21. The first kappa shape index (κ1) is 10.6. The average molecular weight is 210 g/mol. The number of likely N-dealkylation sites (N-methyl/N-ethyl adjacent to an activating group) is 1. The van der Waals surface area contributed by atoms with Crippen molar-refractivity contribution in [3.05, 3.63) is 11.7 Å². The van der Waals surface area contributed by atoms with Gasteiger partial charge in [0.15, 0.2) is 5.82 Å². The summed E-state index contributed by atoms with van der Waals surface area (Å²) in [7, 11) is 1.93. The Morgan fingerprint density at radius 2 is 2.53 bits per heavy atom. The summed E-state index contributed by atoms with van der Waals surface area (Å²) in [5, 5.41) is 10.5. The van der Waals surface area contributed by atoms with E-state index in [0.717, 1.165) is 31.1 Å². The number of nitrogens with one attached hydrogen (secondary N) is 2. The van der Waals surface area contributed by atoms with Crippen molar-refractivity contribution in [2.75, 3.05) is 13.6 Å². The Bertz CT molecular complexity index is 306. The molecule has 0 saturated carbocycles.